The fourth-order valence-corrected chi connectivity index (χ4v) is 3.90. The maximum atomic E-state index is 12.8. The van der Waals surface area contributed by atoms with E-state index in [1.165, 1.54) is 0 Å². The molecule has 1 saturated heterocycles. The van der Waals surface area contributed by atoms with Gasteiger partial charge in [0.25, 0.3) is 0 Å². The lowest BCUT2D eigenvalue weighted by Gasteiger charge is -2.35. The van der Waals surface area contributed by atoms with E-state index in [1.54, 1.807) is 0 Å². The number of piperazine rings is 1. The standard InChI is InChI=1S/C20H25N5O2/c1-2-24-11-9-21-20(27)17(24)12-18(26)25-10-8-15-16(13-25)23-19(22-15)14-6-4-3-5-7-14/h3-7,17H,2,8-13H2,1H3,(H,21,27)(H,22,23)/t17-/m0/s1. The quantitative estimate of drug-likeness (QED) is 0.850. The molecule has 7 nitrogen and oxygen atoms in total. The molecule has 0 bridgehead atoms. The van der Waals surface area contributed by atoms with Gasteiger partial charge in [-0.15, -0.1) is 0 Å². The van der Waals surface area contributed by atoms with Crippen molar-refractivity contribution in [3.05, 3.63) is 41.7 Å². The van der Waals surface area contributed by atoms with Crippen molar-refractivity contribution in [1.29, 1.82) is 0 Å². The van der Waals surface area contributed by atoms with Gasteiger partial charge in [-0.3, -0.25) is 14.5 Å². The number of fused-ring (bicyclic) bond motifs is 1. The van der Waals surface area contributed by atoms with Crippen molar-refractivity contribution in [2.75, 3.05) is 26.2 Å². The molecule has 2 amide bonds. The normalized spacial score (nSPS) is 20.3. The van der Waals surface area contributed by atoms with Crippen LogP contribution in [0.2, 0.25) is 0 Å². The summed E-state index contributed by atoms with van der Waals surface area (Å²) in [5.74, 6) is 0.831. The Kier molecular flexibility index (Phi) is 4.94. The molecule has 0 saturated carbocycles. The molecule has 0 radical (unpaired) electrons. The number of aromatic amines is 1. The van der Waals surface area contributed by atoms with E-state index in [0.717, 1.165) is 42.3 Å². The Morgan fingerprint density at radius 3 is 2.85 bits per heavy atom. The van der Waals surface area contributed by atoms with E-state index in [9.17, 15) is 9.59 Å². The molecule has 3 heterocycles. The molecule has 27 heavy (non-hydrogen) atoms. The predicted octanol–water partition coefficient (Wildman–Crippen LogP) is 1.17. The Morgan fingerprint density at radius 1 is 1.26 bits per heavy atom. The zero-order valence-corrected chi connectivity index (χ0v) is 15.6. The highest BCUT2D eigenvalue weighted by Gasteiger charge is 2.33. The Labute approximate surface area is 158 Å². The molecule has 1 aromatic carbocycles. The van der Waals surface area contributed by atoms with Crippen molar-refractivity contribution in [1.82, 2.24) is 25.1 Å². The summed E-state index contributed by atoms with van der Waals surface area (Å²) >= 11 is 0. The molecule has 1 fully saturated rings. The van der Waals surface area contributed by atoms with Crippen LogP contribution in [0, 0.1) is 0 Å². The molecule has 1 atom stereocenters. The monoisotopic (exact) mass is 367 g/mol. The highest BCUT2D eigenvalue weighted by Crippen LogP contribution is 2.23. The first-order valence-corrected chi connectivity index (χ1v) is 9.58. The Bertz CT molecular complexity index is 832. The van der Waals surface area contributed by atoms with E-state index in [-0.39, 0.29) is 24.3 Å². The number of imidazole rings is 1. The molecule has 142 valence electrons. The van der Waals surface area contributed by atoms with Gasteiger partial charge in [0, 0.05) is 31.6 Å². The van der Waals surface area contributed by atoms with Gasteiger partial charge in [0.2, 0.25) is 11.8 Å². The molecule has 2 aromatic rings. The lowest BCUT2D eigenvalue weighted by molar-refractivity contribution is -0.139. The van der Waals surface area contributed by atoms with Crippen LogP contribution in [-0.4, -0.2) is 63.8 Å². The molecule has 0 aliphatic carbocycles. The molecular formula is C20H25N5O2. The van der Waals surface area contributed by atoms with Crippen molar-refractivity contribution in [3.8, 4) is 11.4 Å². The maximum Gasteiger partial charge on any atom is 0.237 e. The molecule has 7 heteroatoms. The summed E-state index contributed by atoms with van der Waals surface area (Å²) in [5.41, 5.74) is 3.07. The third-order valence-corrected chi connectivity index (χ3v) is 5.45. The van der Waals surface area contributed by atoms with Crippen molar-refractivity contribution < 1.29 is 9.59 Å². The number of hydrogen-bond acceptors (Lipinski definition) is 4. The zero-order chi connectivity index (χ0) is 18.8. The number of aromatic nitrogens is 2. The van der Waals surface area contributed by atoms with Crippen molar-refractivity contribution in [3.63, 3.8) is 0 Å². The summed E-state index contributed by atoms with van der Waals surface area (Å²) in [6.45, 7) is 5.42. The summed E-state index contributed by atoms with van der Waals surface area (Å²) in [7, 11) is 0. The minimum Gasteiger partial charge on any atom is -0.353 e. The molecule has 0 unspecified atom stereocenters. The summed E-state index contributed by atoms with van der Waals surface area (Å²) in [5, 5.41) is 2.87. The Morgan fingerprint density at radius 2 is 2.07 bits per heavy atom. The third-order valence-electron chi connectivity index (χ3n) is 5.45. The second-order valence-electron chi connectivity index (χ2n) is 7.08. The molecule has 1 aromatic heterocycles. The van der Waals surface area contributed by atoms with Gasteiger partial charge in [-0.25, -0.2) is 4.98 Å². The second-order valence-corrected chi connectivity index (χ2v) is 7.08. The average Bonchev–Trinajstić information content (AvgIpc) is 3.13. The van der Waals surface area contributed by atoms with Crippen LogP contribution in [0.3, 0.4) is 0 Å². The van der Waals surface area contributed by atoms with Crippen LogP contribution in [0.5, 0.6) is 0 Å². The fraction of sp³-hybridized carbons (Fsp3) is 0.450. The molecule has 2 aliphatic heterocycles. The number of H-pyrrole nitrogens is 1. The maximum absolute atomic E-state index is 12.8. The van der Waals surface area contributed by atoms with Gasteiger partial charge in [-0.05, 0) is 6.54 Å². The molecule has 0 spiro atoms. The number of hydrogen-bond donors (Lipinski definition) is 2. The molecule has 2 N–H and O–H groups in total. The predicted molar refractivity (Wildman–Crippen MR) is 102 cm³/mol. The smallest absolute Gasteiger partial charge is 0.237 e. The number of nitrogens with one attached hydrogen (secondary N) is 2. The Balaban J connectivity index is 1.45. The van der Waals surface area contributed by atoms with Crippen LogP contribution in [0.25, 0.3) is 11.4 Å². The fourth-order valence-electron chi connectivity index (χ4n) is 3.90. The van der Waals surface area contributed by atoms with E-state index in [1.807, 2.05) is 42.2 Å². The van der Waals surface area contributed by atoms with Crippen LogP contribution in [-0.2, 0) is 22.6 Å². The average molecular weight is 367 g/mol. The number of amides is 2. The van der Waals surface area contributed by atoms with Gasteiger partial charge in [-0.2, -0.15) is 0 Å². The van der Waals surface area contributed by atoms with Gasteiger partial charge in [0.05, 0.1) is 30.4 Å². The van der Waals surface area contributed by atoms with Gasteiger partial charge in [0.15, 0.2) is 0 Å². The first-order chi connectivity index (χ1) is 13.2. The van der Waals surface area contributed by atoms with E-state index in [0.29, 0.717) is 19.6 Å². The van der Waals surface area contributed by atoms with Crippen molar-refractivity contribution in [2.45, 2.75) is 32.4 Å². The highest BCUT2D eigenvalue weighted by atomic mass is 16.2. The lowest BCUT2D eigenvalue weighted by Crippen LogP contribution is -2.56. The minimum atomic E-state index is -0.362. The van der Waals surface area contributed by atoms with E-state index < -0.39 is 0 Å². The number of benzene rings is 1. The van der Waals surface area contributed by atoms with Crippen LogP contribution in [0.4, 0.5) is 0 Å². The summed E-state index contributed by atoms with van der Waals surface area (Å²) in [4.78, 5) is 37.0. The van der Waals surface area contributed by atoms with Gasteiger partial charge < -0.3 is 15.2 Å². The SMILES string of the molecule is CCN1CCNC(=O)[C@@H]1CC(=O)N1CCc2nc(-c3ccccc3)[nH]c2C1. The van der Waals surface area contributed by atoms with Gasteiger partial charge in [-0.1, -0.05) is 37.3 Å². The van der Waals surface area contributed by atoms with Crippen LogP contribution >= 0.6 is 0 Å². The molecule has 4 rings (SSSR count). The van der Waals surface area contributed by atoms with Crippen molar-refractivity contribution in [2.24, 2.45) is 0 Å². The molecule has 2 aliphatic rings. The third kappa shape index (κ3) is 3.60. The number of nitrogens with zero attached hydrogens (tertiary/aromatic N) is 3. The number of rotatable bonds is 4. The number of carbonyl (C=O) groups is 2. The van der Waals surface area contributed by atoms with Crippen LogP contribution in [0.15, 0.2) is 30.3 Å². The largest absolute Gasteiger partial charge is 0.353 e. The second kappa shape index (κ2) is 7.52. The van der Waals surface area contributed by atoms with Crippen LogP contribution < -0.4 is 5.32 Å². The topological polar surface area (TPSA) is 81.3 Å². The first kappa shape index (κ1) is 17.7. The van der Waals surface area contributed by atoms with Crippen LogP contribution in [0.1, 0.15) is 24.7 Å². The summed E-state index contributed by atoms with van der Waals surface area (Å²) in [6, 6.07) is 9.64. The van der Waals surface area contributed by atoms with Gasteiger partial charge in [0.1, 0.15) is 5.82 Å². The highest BCUT2D eigenvalue weighted by molar-refractivity contribution is 5.89. The van der Waals surface area contributed by atoms with Crippen molar-refractivity contribution >= 4 is 11.8 Å². The minimum absolute atomic E-state index is 0.0250. The lowest BCUT2D eigenvalue weighted by atomic mass is 10.1. The first-order valence-electron chi connectivity index (χ1n) is 9.58. The number of likely N-dealkylation sites (N-methyl/N-ethyl adjacent to an activating group) is 1. The molecular weight excluding hydrogens is 342 g/mol. The number of carbonyl (C=O) groups excluding carboxylic acids is 2. The summed E-state index contributed by atoms with van der Waals surface area (Å²) < 4.78 is 0. The van der Waals surface area contributed by atoms with E-state index >= 15 is 0 Å². The Hall–Kier alpha value is -2.67. The van der Waals surface area contributed by atoms with E-state index in [2.05, 4.69) is 15.2 Å². The van der Waals surface area contributed by atoms with E-state index in [4.69, 9.17) is 4.98 Å². The zero-order valence-electron chi connectivity index (χ0n) is 15.6. The van der Waals surface area contributed by atoms with Gasteiger partial charge >= 0.3 is 0 Å². The summed E-state index contributed by atoms with van der Waals surface area (Å²) in [6.07, 6.45) is 0.966.